The van der Waals surface area contributed by atoms with Crippen molar-refractivity contribution in [2.24, 2.45) is 0 Å². The summed E-state index contributed by atoms with van der Waals surface area (Å²) in [4.78, 5) is 2.32. The van der Waals surface area contributed by atoms with E-state index in [0.717, 1.165) is 17.3 Å². The molecule has 1 aromatic carbocycles. The number of nitrogens with zero attached hydrogens (tertiary/aromatic N) is 1. The second-order valence-corrected chi connectivity index (χ2v) is 3.88. The molecule has 2 N–H and O–H groups in total. The highest BCUT2D eigenvalue weighted by Crippen LogP contribution is 2.31. The third kappa shape index (κ3) is 1.62. The van der Waals surface area contributed by atoms with E-state index in [-0.39, 0.29) is 0 Å². The molecule has 0 atom stereocenters. The standard InChI is InChI=1S/C11H16N2/c1-8-3-4-10(7-11(8)12)13(2)9-5-6-9/h3-4,7,9H,5-6,12H2,1-2H3. The Bertz CT molecular complexity index is 316. The molecule has 13 heavy (non-hydrogen) atoms. The molecule has 0 unspecified atom stereocenters. The van der Waals surface area contributed by atoms with Gasteiger partial charge in [0, 0.05) is 24.5 Å². The maximum Gasteiger partial charge on any atom is 0.0386 e. The Morgan fingerprint density at radius 2 is 2.08 bits per heavy atom. The molecular formula is C11H16N2. The molecule has 1 aliphatic carbocycles. The zero-order valence-corrected chi connectivity index (χ0v) is 8.25. The topological polar surface area (TPSA) is 29.3 Å². The molecular weight excluding hydrogens is 160 g/mol. The van der Waals surface area contributed by atoms with Crippen molar-refractivity contribution in [1.82, 2.24) is 0 Å². The molecule has 2 heteroatoms. The van der Waals surface area contributed by atoms with Crippen LogP contribution < -0.4 is 10.6 Å². The van der Waals surface area contributed by atoms with Crippen LogP contribution in [0.2, 0.25) is 0 Å². The zero-order valence-electron chi connectivity index (χ0n) is 8.25. The Hall–Kier alpha value is -1.18. The Morgan fingerprint density at radius 3 is 2.62 bits per heavy atom. The lowest BCUT2D eigenvalue weighted by Crippen LogP contribution is -2.19. The predicted octanol–water partition coefficient (Wildman–Crippen LogP) is 2.18. The minimum Gasteiger partial charge on any atom is -0.398 e. The third-order valence-corrected chi connectivity index (χ3v) is 2.76. The average Bonchev–Trinajstić information content (AvgIpc) is 2.91. The number of hydrogen-bond donors (Lipinski definition) is 1. The second-order valence-electron chi connectivity index (χ2n) is 3.88. The van der Waals surface area contributed by atoms with Gasteiger partial charge in [-0.1, -0.05) is 6.07 Å². The van der Waals surface area contributed by atoms with Crippen LogP contribution >= 0.6 is 0 Å². The highest BCUT2D eigenvalue weighted by molar-refractivity contribution is 5.60. The van der Waals surface area contributed by atoms with Gasteiger partial charge >= 0.3 is 0 Å². The summed E-state index contributed by atoms with van der Waals surface area (Å²) in [5.74, 6) is 0. The van der Waals surface area contributed by atoms with Gasteiger partial charge in [-0.2, -0.15) is 0 Å². The first-order valence-corrected chi connectivity index (χ1v) is 4.77. The van der Waals surface area contributed by atoms with Crippen molar-refractivity contribution in [3.05, 3.63) is 23.8 Å². The minimum atomic E-state index is 0.752. The number of nitrogen functional groups attached to an aromatic ring is 1. The first-order chi connectivity index (χ1) is 6.18. The molecule has 2 nitrogen and oxygen atoms in total. The van der Waals surface area contributed by atoms with Crippen molar-refractivity contribution in [1.29, 1.82) is 0 Å². The van der Waals surface area contributed by atoms with Gasteiger partial charge < -0.3 is 10.6 Å². The van der Waals surface area contributed by atoms with Crippen LogP contribution in [0.15, 0.2) is 18.2 Å². The van der Waals surface area contributed by atoms with Gasteiger partial charge in [-0.25, -0.2) is 0 Å². The lowest BCUT2D eigenvalue weighted by Gasteiger charge is -2.19. The summed E-state index contributed by atoms with van der Waals surface area (Å²) in [6, 6.07) is 7.04. The van der Waals surface area contributed by atoms with Crippen molar-refractivity contribution in [2.75, 3.05) is 17.7 Å². The number of anilines is 2. The second kappa shape index (κ2) is 2.95. The Balaban J connectivity index is 2.24. The van der Waals surface area contributed by atoms with Crippen molar-refractivity contribution in [3.63, 3.8) is 0 Å². The molecule has 0 aromatic heterocycles. The molecule has 0 amide bonds. The van der Waals surface area contributed by atoms with Crippen LogP contribution in [-0.2, 0) is 0 Å². The molecule has 0 heterocycles. The number of hydrogen-bond acceptors (Lipinski definition) is 2. The highest BCUT2D eigenvalue weighted by Gasteiger charge is 2.26. The van der Waals surface area contributed by atoms with Gasteiger partial charge in [-0.05, 0) is 37.5 Å². The van der Waals surface area contributed by atoms with Gasteiger partial charge in [-0.15, -0.1) is 0 Å². The largest absolute Gasteiger partial charge is 0.398 e. The number of rotatable bonds is 2. The van der Waals surface area contributed by atoms with Gasteiger partial charge in [-0.3, -0.25) is 0 Å². The van der Waals surface area contributed by atoms with Crippen LogP contribution in [0.25, 0.3) is 0 Å². The van der Waals surface area contributed by atoms with E-state index in [1.165, 1.54) is 18.5 Å². The maximum atomic E-state index is 5.85. The van der Waals surface area contributed by atoms with Gasteiger partial charge in [0.15, 0.2) is 0 Å². The predicted molar refractivity (Wildman–Crippen MR) is 57.0 cm³/mol. The van der Waals surface area contributed by atoms with E-state index < -0.39 is 0 Å². The summed E-state index contributed by atoms with van der Waals surface area (Å²) in [5, 5.41) is 0. The zero-order chi connectivity index (χ0) is 9.42. The number of nitrogens with two attached hydrogens (primary N) is 1. The Labute approximate surface area is 79.4 Å². The van der Waals surface area contributed by atoms with Gasteiger partial charge in [0.25, 0.3) is 0 Å². The average molecular weight is 176 g/mol. The first-order valence-electron chi connectivity index (χ1n) is 4.77. The SMILES string of the molecule is Cc1ccc(N(C)C2CC2)cc1N. The quantitative estimate of drug-likeness (QED) is 0.700. The van der Waals surface area contributed by atoms with Crippen LogP contribution in [0.3, 0.4) is 0 Å². The van der Waals surface area contributed by atoms with Crippen LogP contribution in [0, 0.1) is 6.92 Å². The van der Waals surface area contributed by atoms with Crippen molar-refractivity contribution in [3.8, 4) is 0 Å². The Morgan fingerprint density at radius 1 is 1.38 bits per heavy atom. The summed E-state index contributed by atoms with van der Waals surface area (Å²) in [5.41, 5.74) is 9.15. The number of aryl methyl sites for hydroxylation is 1. The van der Waals surface area contributed by atoms with Crippen LogP contribution in [-0.4, -0.2) is 13.1 Å². The molecule has 0 radical (unpaired) electrons. The van der Waals surface area contributed by atoms with E-state index in [2.05, 4.69) is 30.1 Å². The fraction of sp³-hybridized carbons (Fsp3) is 0.455. The van der Waals surface area contributed by atoms with E-state index in [1.807, 2.05) is 6.92 Å². The van der Waals surface area contributed by atoms with E-state index in [0.29, 0.717) is 0 Å². The molecule has 0 bridgehead atoms. The molecule has 2 rings (SSSR count). The monoisotopic (exact) mass is 176 g/mol. The fourth-order valence-electron chi connectivity index (χ4n) is 1.52. The summed E-state index contributed by atoms with van der Waals surface area (Å²) >= 11 is 0. The lowest BCUT2D eigenvalue weighted by atomic mass is 10.2. The molecule has 1 saturated carbocycles. The molecule has 1 aliphatic rings. The van der Waals surface area contributed by atoms with E-state index in [9.17, 15) is 0 Å². The van der Waals surface area contributed by atoms with Gasteiger partial charge in [0.2, 0.25) is 0 Å². The molecule has 1 aromatic rings. The minimum absolute atomic E-state index is 0.752. The summed E-state index contributed by atoms with van der Waals surface area (Å²) < 4.78 is 0. The summed E-state index contributed by atoms with van der Waals surface area (Å²) in [7, 11) is 2.14. The van der Waals surface area contributed by atoms with Crippen LogP contribution in [0.1, 0.15) is 18.4 Å². The van der Waals surface area contributed by atoms with Crippen molar-refractivity contribution in [2.45, 2.75) is 25.8 Å². The first kappa shape index (κ1) is 8.42. The van der Waals surface area contributed by atoms with Crippen molar-refractivity contribution >= 4 is 11.4 Å². The lowest BCUT2D eigenvalue weighted by molar-refractivity contribution is 0.917. The molecule has 0 saturated heterocycles. The molecule has 0 aliphatic heterocycles. The van der Waals surface area contributed by atoms with E-state index >= 15 is 0 Å². The van der Waals surface area contributed by atoms with E-state index in [1.54, 1.807) is 0 Å². The fourth-order valence-corrected chi connectivity index (χ4v) is 1.52. The smallest absolute Gasteiger partial charge is 0.0386 e. The third-order valence-electron chi connectivity index (χ3n) is 2.76. The highest BCUT2D eigenvalue weighted by atomic mass is 15.2. The van der Waals surface area contributed by atoms with Crippen molar-refractivity contribution < 1.29 is 0 Å². The summed E-state index contributed by atoms with van der Waals surface area (Å²) in [6.07, 6.45) is 2.65. The molecule has 0 spiro atoms. The Kier molecular flexibility index (Phi) is 1.91. The molecule has 70 valence electrons. The van der Waals surface area contributed by atoms with Crippen LogP contribution in [0.4, 0.5) is 11.4 Å². The normalized spacial score (nSPS) is 15.8. The summed E-state index contributed by atoms with van der Waals surface area (Å²) in [6.45, 7) is 2.04. The van der Waals surface area contributed by atoms with Gasteiger partial charge in [0.1, 0.15) is 0 Å². The van der Waals surface area contributed by atoms with Gasteiger partial charge in [0.05, 0.1) is 0 Å². The maximum absolute atomic E-state index is 5.85. The van der Waals surface area contributed by atoms with Crippen LogP contribution in [0.5, 0.6) is 0 Å². The number of benzene rings is 1. The van der Waals surface area contributed by atoms with E-state index in [4.69, 9.17) is 5.73 Å². The molecule has 1 fully saturated rings.